The van der Waals surface area contributed by atoms with E-state index >= 15 is 0 Å². The molecule has 4 rings (SSSR count). The number of rotatable bonds is 3. The lowest BCUT2D eigenvalue weighted by Crippen LogP contribution is -2.52. The summed E-state index contributed by atoms with van der Waals surface area (Å²) >= 11 is 0. The van der Waals surface area contributed by atoms with Crippen molar-refractivity contribution in [1.29, 1.82) is 0 Å². The average molecular weight is 374 g/mol. The van der Waals surface area contributed by atoms with E-state index in [0.717, 1.165) is 31.7 Å². The summed E-state index contributed by atoms with van der Waals surface area (Å²) < 4.78 is 0. The molecule has 0 bridgehead atoms. The lowest BCUT2D eigenvalue weighted by molar-refractivity contribution is 0.191. The fraction of sp³-hybridized carbons (Fsp3) is 0.292. The molecule has 0 radical (unpaired) electrons. The van der Waals surface area contributed by atoms with E-state index in [2.05, 4.69) is 78.7 Å². The zero-order valence-electron chi connectivity index (χ0n) is 16.6. The molecule has 2 amide bonds. The smallest absolute Gasteiger partial charge is 0.317 e. The normalized spacial score (nSPS) is 15.5. The van der Waals surface area contributed by atoms with Gasteiger partial charge in [0.15, 0.2) is 0 Å². The maximum Gasteiger partial charge on any atom is 0.317 e. The first kappa shape index (κ1) is 18.4. The highest BCUT2D eigenvalue weighted by Crippen LogP contribution is 2.24. The van der Waals surface area contributed by atoms with E-state index in [0.29, 0.717) is 0 Å². The molecule has 0 saturated carbocycles. The molecule has 1 unspecified atom stereocenters. The van der Waals surface area contributed by atoms with Gasteiger partial charge >= 0.3 is 6.03 Å². The molecule has 1 N–H and O–H groups in total. The second-order valence-electron chi connectivity index (χ2n) is 7.55. The molecular weight excluding hydrogens is 346 g/mol. The number of amides is 2. The van der Waals surface area contributed by atoms with E-state index in [4.69, 9.17) is 0 Å². The van der Waals surface area contributed by atoms with Gasteiger partial charge in [0.2, 0.25) is 0 Å². The van der Waals surface area contributed by atoms with Gasteiger partial charge in [-0.15, -0.1) is 0 Å². The van der Waals surface area contributed by atoms with Crippen LogP contribution in [0.2, 0.25) is 0 Å². The number of fused-ring (bicyclic) bond motifs is 1. The van der Waals surface area contributed by atoms with Crippen molar-refractivity contribution < 1.29 is 4.79 Å². The Balaban J connectivity index is 1.39. The van der Waals surface area contributed by atoms with Crippen LogP contribution in [0.4, 0.5) is 10.5 Å². The Morgan fingerprint density at radius 2 is 1.64 bits per heavy atom. The van der Waals surface area contributed by atoms with E-state index in [9.17, 15) is 4.79 Å². The van der Waals surface area contributed by atoms with Gasteiger partial charge in [0.25, 0.3) is 0 Å². The van der Waals surface area contributed by atoms with Crippen LogP contribution < -0.4 is 10.2 Å². The highest BCUT2D eigenvalue weighted by atomic mass is 16.2. The standard InChI is InChI=1S/C24H27N3O/c1-18-7-5-10-21(17-18)26-13-15-27(16-14-26)24(28)25-19(2)22-12-6-9-20-8-3-4-11-23(20)22/h3-12,17,19H,13-16H2,1-2H3,(H,25,28). The molecule has 1 atom stereocenters. The van der Waals surface area contributed by atoms with Crippen molar-refractivity contribution in [2.45, 2.75) is 19.9 Å². The molecule has 1 heterocycles. The van der Waals surface area contributed by atoms with E-state index < -0.39 is 0 Å². The summed E-state index contributed by atoms with van der Waals surface area (Å²) in [6.07, 6.45) is 0. The topological polar surface area (TPSA) is 35.6 Å². The van der Waals surface area contributed by atoms with Crippen LogP contribution in [0.1, 0.15) is 24.1 Å². The number of piperazine rings is 1. The van der Waals surface area contributed by atoms with E-state index in [1.165, 1.54) is 22.0 Å². The van der Waals surface area contributed by atoms with E-state index in [1.54, 1.807) is 0 Å². The summed E-state index contributed by atoms with van der Waals surface area (Å²) in [5, 5.41) is 5.59. The largest absolute Gasteiger partial charge is 0.368 e. The van der Waals surface area contributed by atoms with Crippen molar-refractivity contribution in [2.24, 2.45) is 0 Å². The minimum absolute atomic E-state index is 0.0179. The van der Waals surface area contributed by atoms with Crippen LogP contribution in [0.3, 0.4) is 0 Å². The number of nitrogens with zero attached hydrogens (tertiary/aromatic N) is 2. The van der Waals surface area contributed by atoms with Crippen molar-refractivity contribution in [2.75, 3.05) is 31.1 Å². The number of carbonyl (C=O) groups is 1. The predicted molar refractivity (Wildman–Crippen MR) is 116 cm³/mol. The van der Waals surface area contributed by atoms with Crippen LogP contribution in [0.15, 0.2) is 66.7 Å². The number of hydrogen-bond donors (Lipinski definition) is 1. The molecule has 0 spiro atoms. The first-order valence-electron chi connectivity index (χ1n) is 9.96. The van der Waals surface area contributed by atoms with Crippen molar-refractivity contribution in [3.05, 3.63) is 77.9 Å². The summed E-state index contributed by atoms with van der Waals surface area (Å²) in [5.74, 6) is 0. The van der Waals surface area contributed by atoms with Gasteiger partial charge in [0, 0.05) is 31.9 Å². The van der Waals surface area contributed by atoms with Crippen molar-refractivity contribution >= 4 is 22.5 Å². The van der Waals surface area contributed by atoms with Crippen molar-refractivity contribution in [3.63, 3.8) is 0 Å². The highest BCUT2D eigenvalue weighted by molar-refractivity contribution is 5.86. The zero-order valence-corrected chi connectivity index (χ0v) is 16.6. The molecule has 0 aliphatic carbocycles. The van der Waals surface area contributed by atoms with Crippen LogP contribution in [-0.4, -0.2) is 37.1 Å². The first-order valence-corrected chi connectivity index (χ1v) is 9.96. The van der Waals surface area contributed by atoms with Crippen LogP contribution in [-0.2, 0) is 0 Å². The van der Waals surface area contributed by atoms with Gasteiger partial charge < -0.3 is 15.1 Å². The molecule has 1 aliphatic rings. The SMILES string of the molecule is Cc1cccc(N2CCN(C(=O)NC(C)c3cccc4ccccc34)CC2)c1. The summed E-state index contributed by atoms with van der Waals surface area (Å²) in [7, 11) is 0. The number of nitrogens with one attached hydrogen (secondary N) is 1. The third-order valence-electron chi connectivity index (χ3n) is 5.56. The number of aryl methyl sites for hydroxylation is 1. The van der Waals surface area contributed by atoms with Gasteiger partial charge in [-0.05, 0) is 47.9 Å². The minimum atomic E-state index is -0.0339. The second kappa shape index (κ2) is 7.93. The Morgan fingerprint density at radius 1 is 0.929 bits per heavy atom. The molecule has 4 nitrogen and oxygen atoms in total. The Labute approximate surface area is 166 Å². The molecule has 1 saturated heterocycles. The predicted octanol–water partition coefficient (Wildman–Crippen LogP) is 4.74. The number of urea groups is 1. The molecular formula is C24H27N3O. The zero-order chi connectivity index (χ0) is 19.5. The van der Waals surface area contributed by atoms with Crippen LogP contribution >= 0.6 is 0 Å². The summed E-state index contributed by atoms with van der Waals surface area (Å²) in [5.41, 5.74) is 3.66. The third-order valence-corrected chi connectivity index (χ3v) is 5.56. The summed E-state index contributed by atoms with van der Waals surface area (Å²) in [6, 6.07) is 23.1. The fourth-order valence-corrected chi connectivity index (χ4v) is 3.97. The highest BCUT2D eigenvalue weighted by Gasteiger charge is 2.23. The second-order valence-corrected chi connectivity index (χ2v) is 7.55. The molecule has 4 heteroatoms. The van der Waals surface area contributed by atoms with Gasteiger partial charge in [-0.3, -0.25) is 0 Å². The Bertz CT molecular complexity index is 971. The van der Waals surface area contributed by atoms with Crippen LogP contribution in [0.25, 0.3) is 10.8 Å². The molecule has 0 aromatic heterocycles. The van der Waals surface area contributed by atoms with Gasteiger partial charge in [-0.1, -0.05) is 54.6 Å². The summed E-state index contributed by atoms with van der Waals surface area (Å²) in [6.45, 7) is 7.37. The van der Waals surface area contributed by atoms with E-state index in [1.807, 2.05) is 17.0 Å². The number of benzene rings is 3. The average Bonchev–Trinajstić information content (AvgIpc) is 2.73. The van der Waals surface area contributed by atoms with Gasteiger partial charge in [0.1, 0.15) is 0 Å². The van der Waals surface area contributed by atoms with Crippen molar-refractivity contribution in [3.8, 4) is 0 Å². The molecule has 3 aromatic carbocycles. The van der Waals surface area contributed by atoms with Crippen molar-refractivity contribution in [1.82, 2.24) is 10.2 Å². The monoisotopic (exact) mass is 373 g/mol. The summed E-state index contributed by atoms with van der Waals surface area (Å²) in [4.78, 5) is 17.1. The lowest BCUT2D eigenvalue weighted by Gasteiger charge is -2.36. The van der Waals surface area contributed by atoms with Crippen LogP contribution in [0.5, 0.6) is 0 Å². The maximum absolute atomic E-state index is 12.8. The van der Waals surface area contributed by atoms with Gasteiger partial charge in [0.05, 0.1) is 6.04 Å². The number of hydrogen-bond acceptors (Lipinski definition) is 2. The molecule has 144 valence electrons. The quantitative estimate of drug-likeness (QED) is 0.720. The van der Waals surface area contributed by atoms with Crippen LogP contribution in [0, 0.1) is 6.92 Å². The lowest BCUT2D eigenvalue weighted by atomic mass is 10.00. The molecule has 28 heavy (non-hydrogen) atoms. The Hall–Kier alpha value is -3.01. The van der Waals surface area contributed by atoms with Gasteiger partial charge in [-0.2, -0.15) is 0 Å². The van der Waals surface area contributed by atoms with Gasteiger partial charge in [-0.25, -0.2) is 4.79 Å². The molecule has 1 fully saturated rings. The third kappa shape index (κ3) is 3.81. The minimum Gasteiger partial charge on any atom is -0.368 e. The first-order chi connectivity index (χ1) is 13.6. The molecule has 3 aromatic rings. The Morgan fingerprint density at radius 3 is 2.43 bits per heavy atom. The maximum atomic E-state index is 12.8. The van der Waals surface area contributed by atoms with E-state index in [-0.39, 0.29) is 12.1 Å². The molecule has 1 aliphatic heterocycles. The number of carbonyl (C=O) groups excluding carboxylic acids is 1. The Kier molecular flexibility index (Phi) is 5.20. The number of anilines is 1. The fourth-order valence-electron chi connectivity index (χ4n) is 3.97.